The first-order chi connectivity index (χ1) is 18.3. The molecule has 0 aliphatic carbocycles. The van der Waals surface area contributed by atoms with Gasteiger partial charge in [-0.3, -0.25) is 9.69 Å². The number of hydrogen-bond donors (Lipinski definition) is 0. The Hall–Kier alpha value is -2.73. The van der Waals surface area contributed by atoms with E-state index in [1.807, 2.05) is 0 Å². The van der Waals surface area contributed by atoms with Crippen LogP contribution < -0.4 is 10.4 Å². The molecule has 5 heteroatoms. The molecule has 3 aliphatic rings. The second kappa shape index (κ2) is 9.78. The summed E-state index contributed by atoms with van der Waals surface area (Å²) in [5.74, 6) is 0.798. The highest BCUT2D eigenvalue weighted by atomic mass is 28.4. The Bertz CT molecular complexity index is 1220. The minimum absolute atomic E-state index is 0.0218. The van der Waals surface area contributed by atoms with E-state index in [0.29, 0.717) is 5.92 Å². The van der Waals surface area contributed by atoms with Crippen LogP contribution in [0.15, 0.2) is 91.0 Å². The lowest BCUT2D eigenvalue weighted by molar-refractivity contribution is -0.136. The second-order valence-corrected chi connectivity index (χ2v) is 16.8. The van der Waals surface area contributed by atoms with Gasteiger partial charge in [0.05, 0.1) is 24.2 Å². The van der Waals surface area contributed by atoms with Crippen LogP contribution in [0.2, 0.25) is 5.04 Å². The number of rotatable bonds is 6. The maximum Gasteiger partial charge on any atom is 0.261 e. The van der Waals surface area contributed by atoms with Crippen molar-refractivity contribution < 1.29 is 9.22 Å². The topological polar surface area (TPSA) is 32.8 Å². The quantitative estimate of drug-likeness (QED) is 0.433. The summed E-state index contributed by atoms with van der Waals surface area (Å²) < 4.78 is 7.83. The van der Waals surface area contributed by atoms with Crippen LogP contribution in [0.5, 0.6) is 0 Å². The van der Waals surface area contributed by atoms with E-state index in [4.69, 9.17) is 4.43 Å². The highest BCUT2D eigenvalue weighted by Gasteiger charge is 2.63. The molecule has 3 fully saturated rings. The van der Waals surface area contributed by atoms with Crippen LogP contribution in [0.25, 0.3) is 0 Å². The van der Waals surface area contributed by atoms with Crippen LogP contribution in [0.4, 0.5) is 0 Å². The smallest absolute Gasteiger partial charge is 0.261 e. The third-order valence-corrected chi connectivity index (χ3v) is 14.2. The number of carbonyl (C=O) groups excluding carboxylic acids is 1. The van der Waals surface area contributed by atoms with Gasteiger partial charge in [0.2, 0.25) is 5.91 Å². The summed E-state index contributed by atoms with van der Waals surface area (Å²) in [6.45, 7) is 10.8. The third kappa shape index (κ3) is 4.16. The molecule has 3 aliphatic heterocycles. The minimum Gasteiger partial charge on any atom is -0.401 e. The molecule has 3 saturated heterocycles. The molecule has 198 valence electrons. The summed E-state index contributed by atoms with van der Waals surface area (Å²) in [7, 11) is -2.76. The van der Waals surface area contributed by atoms with E-state index in [-0.39, 0.29) is 35.2 Å². The van der Waals surface area contributed by atoms with E-state index in [1.165, 1.54) is 15.9 Å². The van der Waals surface area contributed by atoms with Crippen LogP contribution in [-0.2, 0) is 15.8 Å². The van der Waals surface area contributed by atoms with Crippen molar-refractivity contribution in [2.75, 3.05) is 6.54 Å². The molecule has 0 spiro atoms. The summed E-state index contributed by atoms with van der Waals surface area (Å²) >= 11 is 0. The molecule has 3 aromatic carbocycles. The van der Waals surface area contributed by atoms with E-state index in [9.17, 15) is 4.79 Å². The Morgan fingerprint density at radius 1 is 0.842 bits per heavy atom. The van der Waals surface area contributed by atoms with Crippen molar-refractivity contribution in [3.63, 3.8) is 0 Å². The SMILES string of the molecule is CC(=O)N1C2CC3CC1C(C2O[Si](c1ccccc1)(c1ccccc1)C(C)(C)C)N(Cc1ccccc1)C3. The van der Waals surface area contributed by atoms with Crippen LogP contribution in [0.1, 0.15) is 46.1 Å². The predicted octanol–water partition coefficient (Wildman–Crippen LogP) is 4.83. The molecule has 0 radical (unpaired) electrons. The predicted molar refractivity (Wildman–Crippen MR) is 156 cm³/mol. The molecule has 38 heavy (non-hydrogen) atoms. The van der Waals surface area contributed by atoms with E-state index >= 15 is 0 Å². The van der Waals surface area contributed by atoms with E-state index in [1.54, 1.807) is 6.92 Å². The van der Waals surface area contributed by atoms with Crippen molar-refractivity contribution >= 4 is 24.6 Å². The van der Waals surface area contributed by atoms with Crippen LogP contribution >= 0.6 is 0 Å². The fourth-order valence-corrected chi connectivity index (χ4v) is 12.6. The average molecular weight is 525 g/mol. The number of fused-ring (bicyclic) bond motifs is 2. The average Bonchev–Trinajstić information content (AvgIpc) is 3.03. The molecule has 3 aromatic rings. The molecule has 3 bridgehead atoms. The minimum atomic E-state index is -2.76. The zero-order valence-electron chi connectivity index (χ0n) is 23.1. The normalized spacial score (nSPS) is 27.1. The molecular weight excluding hydrogens is 484 g/mol. The highest BCUT2D eigenvalue weighted by Crippen LogP contribution is 2.49. The van der Waals surface area contributed by atoms with Crippen LogP contribution in [0, 0.1) is 5.92 Å². The van der Waals surface area contributed by atoms with E-state index < -0.39 is 8.32 Å². The molecular formula is C33H40N2O2Si. The molecule has 0 saturated carbocycles. The number of amides is 1. The van der Waals surface area contributed by atoms with Gasteiger partial charge in [0.15, 0.2) is 0 Å². The van der Waals surface area contributed by atoms with Gasteiger partial charge in [-0.15, -0.1) is 0 Å². The molecule has 0 N–H and O–H groups in total. The van der Waals surface area contributed by atoms with Crippen molar-refractivity contribution in [1.82, 2.24) is 9.80 Å². The zero-order chi connectivity index (χ0) is 26.5. The van der Waals surface area contributed by atoms with Gasteiger partial charge in [-0.05, 0) is 39.7 Å². The van der Waals surface area contributed by atoms with Gasteiger partial charge in [0.1, 0.15) is 0 Å². The monoisotopic (exact) mass is 524 g/mol. The number of carbonyl (C=O) groups is 1. The van der Waals surface area contributed by atoms with Crippen molar-refractivity contribution in [2.45, 2.75) is 76.3 Å². The largest absolute Gasteiger partial charge is 0.401 e. The van der Waals surface area contributed by atoms with Gasteiger partial charge in [-0.1, -0.05) is 112 Å². The Morgan fingerprint density at radius 3 is 1.89 bits per heavy atom. The fraction of sp³-hybridized carbons (Fsp3) is 0.424. The summed E-state index contributed by atoms with van der Waals surface area (Å²) in [6.07, 6.45) is 2.10. The number of benzene rings is 3. The molecule has 4 nitrogen and oxygen atoms in total. The first kappa shape index (κ1) is 25.5. The molecule has 3 heterocycles. The summed E-state index contributed by atoms with van der Waals surface area (Å²) in [5.41, 5.74) is 1.33. The van der Waals surface area contributed by atoms with Gasteiger partial charge in [0.25, 0.3) is 8.32 Å². The molecule has 1 amide bonds. The standard InChI is InChI=1S/C33H40N2O2Si/c1-24(36)35-29-20-26-21-30(35)32(31(29)34(23-26)22-25-14-8-5-9-15-25)37-38(33(2,3)4,27-16-10-6-11-17-27)28-18-12-7-13-19-28/h5-19,26,29-32H,20-23H2,1-4H3. The Labute approximate surface area is 228 Å². The van der Waals surface area contributed by atoms with Gasteiger partial charge >= 0.3 is 0 Å². The number of likely N-dealkylation sites (tertiary alicyclic amines) is 1. The van der Waals surface area contributed by atoms with Crippen molar-refractivity contribution in [3.8, 4) is 0 Å². The lowest BCUT2D eigenvalue weighted by Crippen LogP contribution is -2.69. The maximum absolute atomic E-state index is 13.1. The maximum atomic E-state index is 13.1. The highest BCUT2D eigenvalue weighted by molar-refractivity contribution is 6.99. The van der Waals surface area contributed by atoms with E-state index in [2.05, 4.69) is 122 Å². The zero-order valence-corrected chi connectivity index (χ0v) is 24.1. The summed E-state index contributed by atoms with van der Waals surface area (Å²) in [6, 6.07) is 33.2. The lowest BCUT2D eigenvalue weighted by Gasteiger charge is -2.47. The Balaban J connectivity index is 1.49. The van der Waals surface area contributed by atoms with Crippen LogP contribution in [-0.4, -0.2) is 54.8 Å². The Morgan fingerprint density at radius 2 is 1.37 bits per heavy atom. The van der Waals surface area contributed by atoms with Gasteiger partial charge in [-0.2, -0.15) is 0 Å². The first-order valence-corrected chi connectivity index (χ1v) is 16.1. The van der Waals surface area contributed by atoms with Gasteiger partial charge in [-0.25, -0.2) is 0 Å². The van der Waals surface area contributed by atoms with E-state index in [0.717, 1.165) is 25.9 Å². The number of nitrogens with zero attached hydrogens (tertiary/aromatic N) is 2. The lowest BCUT2D eigenvalue weighted by atomic mass is 9.86. The van der Waals surface area contributed by atoms with Gasteiger partial charge < -0.3 is 9.33 Å². The van der Waals surface area contributed by atoms with Gasteiger partial charge in [0, 0.05) is 20.0 Å². The van der Waals surface area contributed by atoms with Crippen molar-refractivity contribution in [3.05, 3.63) is 96.6 Å². The van der Waals surface area contributed by atoms with Crippen molar-refractivity contribution in [1.29, 1.82) is 0 Å². The van der Waals surface area contributed by atoms with Crippen molar-refractivity contribution in [2.24, 2.45) is 5.92 Å². The fourth-order valence-electron chi connectivity index (χ4n) is 7.85. The molecule has 5 unspecified atom stereocenters. The number of piperidine rings is 2. The number of hydrogen-bond acceptors (Lipinski definition) is 3. The van der Waals surface area contributed by atoms with Crippen LogP contribution in [0.3, 0.4) is 0 Å². The first-order valence-electron chi connectivity index (χ1n) is 14.2. The summed E-state index contributed by atoms with van der Waals surface area (Å²) in [4.78, 5) is 18.0. The molecule has 5 atom stereocenters. The summed E-state index contributed by atoms with van der Waals surface area (Å²) in [5, 5.41) is 2.51. The third-order valence-electron chi connectivity index (χ3n) is 9.21. The molecule has 0 aromatic heterocycles. The second-order valence-electron chi connectivity index (χ2n) is 12.5. The molecule has 6 rings (SSSR count). The Kier molecular flexibility index (Phi) is 6.57.